The van der Waals surface area contributed by atoms with Gasteiger partial charge in [0.25, 0.3) is 0 Å². The Balaban J connectivity index is 3.15. The van der Waals surface area contributed by atoms with E-state index in [1.54, 1.807) is 13.0 Å². The summed E-state index contributed by atoms with van der Waals surface area (Å²) in [6.07, 6.45) is 4.13. The van der Waals surface area contributed by atoms with Crippen LogP contribution in [0.5, 0.6) is 0 Å². The molecule has 0 aliphatic rings. The third kappa shape index (κ3) is 5.71. The van der Waals surface area contributed by atoms with E-state index < -0.39 is 0 Å². The maximum absolute atomic E-state index is 13.3. The molecular weight excluding hydrogens is 305 g/mol. The number of nitrogens with one attached hydrogen (secondary N) is 2. The topological polar surface area (TPSA) is 68.5 Å². The second-order valence-electron chi connectivity index (χ2n) is 6.44. The van der Waals surface area contributed by atoms with Gasteiger partial charge in [-0.1, -0.05) is 33.6 Å². The van der Waals surface area contributed by atoms with Gasteiger partial charge in [0, 0.05) is 11.6 Å². The molecule has 0 amide bonds. The fraction of sp³-hybridized carbons (Fsp3) is 0.579. The van der Waals surface area contributed by atoms with Crippen LogP contribution >= 0.6 is 0 Å². The summed E-state index contributed by atoms with van der Waals surface area (Å²) in [5, 5.41) is 16.8. The summed E-state index contributed by atoms with van der Waals surface area (Å²) < 4.78 is 13.3. The van der Waals surface area contributed by atoms with Crippen LogP contribution in [-0.4, -0.2) is 17.8 Å². The molecule has 0 heterocycles. The predicted octanol–water partition coefficient (Wildman–Crippen LogP) is 5.02. The lowest BCUT2D eigenvalue weighted by molar-refractivity contribution is 0.306. The van der Waals surface area contributed by atoms with Crippen LogP contribution in [0, 0.1) is 24.2 Å². The zero-order chi connectivity index (χ0) is 18.1. The molecule has 134 valence electrons. The Labute approximate surface area is 144 Å². The van der Waals surface area contributed by atoms with Crippen LogP contribution in [0.2, 0.25) is 0 Å². The molecule has 1 aromatic carbocycles. The lowest BCUT2D eigenvalue weighted by Gasteiger charge is -2.24. The molecular formula is C19H30FN3O. The smallest absolute Gasteiger partial charge is 0.123 e. The molecule has 0 aliphatic heterocycles. The molecule has 1 rings (SSSR count). The number of aliphatic hydroxyl groups is 1. The lowest BCUT2D eigenvalue weighted by Crippen LogP contribution is -2.32. The summed E-state index contributed by atoms with van der Waals surface area (Å²) in [4.78, 5) is 0. The highest BCUT2D eigenvalue weighted by atomic mass is 19.1. The maximum Gasteiger partial charge on any atom is 0.123 e. The third-order valence-corrected chi connectivity index (χ3v) is 4.40. The van der Waals surface area contributed by atoms with Gasteiger partial charge in [-0.15, -0.1) is 0 Å². The quantitative estimate of drug-likeness (QED) is 0.525. The monoisotopic (exact) mass is 335 g/mol. The largest absolute Gasteiger partial charge is 0.390 e. The van der Waals surface area contributed by atoms with E-state index in [-0.39, 0.29) is 18.5 Å². The highest BCUT2D eigenvalue weighted by Gasteiger charge is 2.17. The Morgan fingerprint density at radius 1 is 1.38 bits per heavy atom. The van der Waals surface area contributed by atoms with Crippen molar-refractivity contribution in [1.82, 2.24) is 5.32 Å². The van der Waals surface area contributed by atoms with E-state index in [2.05, 4.69) is 31.2 Å². The van der Waals surface area contributed by atoms with Crippen LogP contribution in [-0.2, 0) is 0 Å². The minimum Gasteiger partial charge on any atom is -0.390 e. The van der Waals surface area contributed by atoms with E-state index in [1.807, 2.05) is 0 Å². The number of halogens is 1. The van der Waals surface area contributed by atoms with E-state index in [4.69, 9.17) is 5.53 Å². The summed E-state index contributed by atoms with van der Waals surface area (Å²) in [7, 11) is 0. The highest BCUT2D eigenvalue weighted by Crippen LogP contribution is 2.24. The van der Waals surface area contributed by atoms with Crippen molar-refractivity contribution in [2.24, 2.45) is 11.0 Å². The minimum absolute atomic E-state index is 0.226. The number of aryl methyl sites for hydroxylation is 1. The zero-order valence-corrected chi connectivity index (χ0v) is 15.2. The molecule has 0 radical (unpaired) electrons. The molecule has 0 saturated carbocycles. The first-order chi connectivity index (χ1) is 11.5. The minimum atomic E-state index is -0.320. The second kappa shape index (κ2) is 10.2. The van der Waals surface area contributed by atoms with E-state index in [1.165, 1.54) is 12.1 Å². The predicted molar refractivity (Wildman–Crippen MR) is 96.2 cm³/mol. The molecule has 5 heteroatoms. The van der Waals surface area contributed by atoms with Crippen molar-refractivity contribution in [2.75, 3.05) is 6.61 Å². The van der Waals surface area contributed by atoms with Crippen molar-refractivity contribution >= 4 is 5.70 Å². The van der Waals surface area contributed by atoms with Crippen LogP contribution < -0.4 is 5.32 Å². The maximum atomic E-state index is 13.3. The summed E-state index contributed by atoms with van der Waals surface area (Å²) in [5.74, 6) is 0.262. The number of benzene rings is 1. The molecule has 0 aliphatic carbocycles. The molecule has 4 nitrogen and oxygen atoms in total. The molecule has 2 unspecified atom stereocenters. The average molecular weight is 335 g/mol. The highest BCUT2D eigenvalue weighted by molar-refractivity contribution is 5.69. The van der Waals surface area contributed by atoms with Crippen molar-refractivity contribution in [2.45, 2.75) is 59.4 Å². The Morgan fingerprint density at radius 3 is 2.58 bits per heavy atom. The van der Waals surface area contributed by atoms with Crippen LogP contribution in [0.4, 0.5) is 4.39 Å². The Kier molecular flexibility index (Phi) is 8.61. The molecule has 2 atom stereocenters. The fourth-order valence-corrected chi connectivity index (χ4v) is 2.87. The first-order valence-electron chi connectivity index (χ1n) is 8.71. The van der Waals surface area contributed by atoms with Crippen molar-refractivity contribution < 1.29 is 9.50 Å². The van der Waals surface area contributed by atoms with Gasteiger partial charge in [0.15, 0.2) is 0 Å². The molecule has 3 N–H and O–H groups in total. The SMILES string of the molecule is CCCC(CC(C)CC)N/C(CO)=C(\N=N)c1ccc(F)cc1C. The van der Waals surface area contributed by atoms with E-state index >= 15 is 0 Å². The molecule has 1 aromatic rings. The van der Waals surface area contributed by atoms with E-state index in [0.717, 1.165) is 25.7 Å². The second-order valence-corrected chi connectivity index (χ2v) is 6.44. The molecule has 0 spiro atoms. The van der Waals surface area contributed by atoms with Gasteiger partial charge >= 0.3 is 0 Å². The number of hydrogen-bond acceptors (Lipinski definition) is 4. The number of nitrogens with zero attached hydrogens (tertiary/aromatic N) is 1. The number of hydrogen-bond donors (Lipinski definition) is 3. The van der Waals surface area contributed by atoms with Gasteiger partial charge in [0.1, 0.15) is 11.5 Å². The molecule has 0 saturated heterocycles. The van der Waals surface area contributed by atoms with Gasteiger partial charge in [0.05, 0.1) is 12.3 Å². The Bertz CT molecular complexity index is 572. The first kappa shape index (κ1) is 20.3. The fourth-order valence-electron chi connectivity index (χ4n) is 2.87. The molecule has 0 aromatic heterocycles. The molecule has 24 heavy (non-hydrogen) atoms. The standard InChI is InChI=1S/C19H30FN3O/c1-5-7-16(10-13(3)6-2)22-18(12-24)19(23-21)17-9-8-15(20)11-14(17)4/h8-9,11,13,16,21-22,24H,5-7,10,12H2,1-4H3/b19-18-,23-21?. The lowest BCUT2D eigenvalue weighted by atomic mass is 9.96. The molecule has 0 fully saturated rings. The van der Waals surface area contributed by atoms with Crippen molar-refractivity contribution in [3.8, 4) is 0 Å². The zero-order valence-electron chi connectivity index (χ0n) is 15.2. The Hall–Kier alpha value is -1.75. The van der Waals surface area contributed by atoms with Crippen LogP contribution in [0.25, 0.3) is 5.70 Å². The summed E-state index contributed by atoms with van der Waals surface area (Å²) >= 11 is 0. The van der Waals surface area contributed by atoms with Crippen LogP contribution in [0.3, 0.4) is 0 Å². The summed E-state index contributed by atoms with van der Waals surface area (Å²) in [6, 6.07) is 4.60. The summed E-state index contributed by atoms with van der Waals surface area (Å²) in [5.41, 5.74) is 9.80. The summed E-state index contributed by atoms with van der Waals surface area (Å²) in [6.45, 7) is 8.07. The van der Waals surface area contributed by atoms with E-state index in [9.17, 15) is 9.50 Å². The van der Waals surface area contributed by atoms with Gasteiger partial charge in [-0.25, -0.2) is 9.92 Å². The van der Waals surface area contributed by atoms with Gasteiger partial charge in [-0.3, -0.25) is 0 Å². The van der Waals surface area contributed by atoms with Gasteiger partial charge < -0.3 is 10.4 Å². The van der Waals surface area contributed by atoms with Crippen molar-refractivity contribution in [3.05, 3.63) is 40.8 Å². The normalized spacial score (nSPS) is 14.8. The van der Waals surface area contributed by atoms with E-state index in [0.29, 0.717) is 28.4 Å². The molecule has 0 bridgehead atoms. The van der Waals surface area contributed by atoms with Crippen molar-refractivity contribution in [3.63, 3.8) is 0 Å². The third-order valence-electron chi connectivity index (χ3n) is 4.40. The number of aliphatic hydroxyl groups excluding tert-OH is 1. The van der Waals surface area contributed by atoms with Crippen molar-refractivity contribution in [1.29, 1.82) is 5.53 Å². The average Bonchev–Trinajstić information content (AvgIpc) is 2.56. The Morgan fingerprint density at radius 2 is 2.08 bits per heavy atom. The van der Waals surface area contributed by atoms with Crippen LogP contribution in [0.1, 0.15) is 57.6 Å². The van der Waals surface area contributed by atoms with Gasteiger partial charge in [-0.05, 0) is 49.4 Å². The first-order valence-corrected chi connectivity index (χ1v) is 8.71. The van der Waals surface area contributed by atoms with Gasteiger partial charge in [0.2, 0.25) is 0 Å². The van der Waals surface area contributed by atoms with Crippen LogP contribution in [0.15, 0.2) is 29.0 Å². The van der Waals surface area contributed by atoms with Gasteiger partial charge in [-0.2, -0.15) is 5.11 Å². The number of rotatable bonds is 10.